The molecule has 4 heteroatoms. The fourth-order valence-electron chi connectivity index (χ4n) is 2.12. The number of nitrogens with zero attached hydrogens (tertiary/aromatic N) is 1. The van der Waals surface area contributed by atoms with Gasteiger partial charge in [-0.2, -0.15) is 5.26 Å². The van der Waals surface area contributed by atoms with E-state index in [1.54, 1.807) is 0 Å². The molecule has 102 valence electrons. The van der Waals surface area contributed by atoms with Crippen LogP contribution in [0, 0.1) is 17.2 Å². The lowest BCUT2D eigenvalue weighted by atomic mass is 9.97. The van der Waals surface area contributed by atoms with Gasteiger partial charge in [-0.3, -0.25) is 0 Å². The van der Waals surface area contributed by atoms with Gasteiger partial charge in [0.25, 0.3) is 0 Å². The molecule has 0 aromatic heterocycles. The fraction of sp³-hybridized carbons (Fsp3) is 0.533. The maximum atomic E-state index is 9.30. The first-order valence-electron chi connectivity index (χ1n) is 6.66. The number of ether oxygens (including phenoxy) is 2. The van der Waals surface area contributed by atoms with Crippen molar-refractivity contribution in [2.45, 2.75) is 18.4 Å². The topological polar surface area (TPSA) is 54.3 Å². The lowest BCUT2D eigenvalue weighted by Gasteiger charge is -2.25. The summed E-state index contributed by atoms with van der Waals surface area (Å²) in [7, 11) is 1.82. The van der Waals surface area contributed by atoms with Gasteiger partial charge in [-0.25, -0.2) is 0 Å². The molecule has 4 nitrogen and oxygen atoms in total. The van der Waals surface area contributed by atoms with Crippen molar-refractivity contribution in [1.29, 1.82) is 5.26 Å². The van der Waals surface area contributed by atoms with Crippen molar-refractivity contribution in [2.24, 2.45) is 5.92 Å². The number of para-hydroxylation sites is 1. The highest BCUT2D eigenvalue weighted by Gasteiger charge is 2.44. The third-order valence-corrected chi connectivity index (χ3v) is 3.49. The Bertz CT molecular complexity index is 426. The number of hydrogen-bond donors (Lipinski definition) is 1. The second-order valence-corrected chi connectivity index (χ2v) is 4.82. The van der Waals surface area contributed by atoms with Crippen molar-refractivity contribution >= 4 is 0 Å². The summed E-state index contributed by atoms with van der Waals surface area (Å²) in [6.07, 6.45) is 2.22. The van der Waals surface area contributed by atoms with Crippen LogP contribution in [0.25, 0.3) is 0 Å². The Hall–Kier alpha value is -1.57. The summed E-state index contributed by atoms with van der Waals surface area (Å²) < 4.78 is 11.1. The average Bonchev–Trinajstić information content (AvgIpc) is 3.29. The number of hydrogen-bond acceptors (Lipinski definition) is 4. The summed E-state index contributed by atoms with van der Waals surface area (Å²) in [5, 5.41) is 12.4. The average molecular weight is 260 g/mol. The molecular weight excluding hydrogens is 240 g/mol. The van der Waals surface area contributed by atoms with E-state index >= 15 is 0 Å². The lowest BCUT2D eigenvalue weighted by Crippen LogP contribution is -2.48. The molecule has 1 atom stereocenters. The van der Waals surface area contributed by atoms with Crippen LogP contribution in [-0.2, 0) is 4.74 Å². The van der Waals surface area contributed by atoms with E-state index in [9.17, 15) is 5.26 Å². The Morgan fingerprint density at radius 2 is 2.05 bits per heavy atom. The van der Waals surface area contributed by atoms with Crippen LogP contribution in [0.5, 0.6) is 5.75 Å². The van der Waals surface area contributed by atoms with E-state index in [-0.39, 0.29) is 0 Å². The molecule has 0 bridgehead atoms. The van der Waals surface area contributed by atoms with Gasteiger partial charge in [0.1, 0.15) is 17.9 Å². The molecule has 0 saturated heterocycles. The van der Waals surface area contributed by atoms with Gasteiger partial charge >= 0.3 is 0 Å². The maximum Gasteiger partial charge on any atom is 0.132 e. The standard InChI is InChI=1S/C15H20N2O2/c1-17-15(11-16,13-7-8-13)12-18-9-10-19-14-5-3-2-4-6-14/h2-6,13,17H,7-10,12H2,1H3. The first-order chi connectivity index (χ1) is 9.30. The lowest BCUT2D eigenvalue weighted by molar-refractivity contribution is 0.0623. The maximum absolute atomic E-state index is 9.30. The largest absolute Gasteiger partial charge is 0.491 e. The van der Waals surface area contributed by atoms with Crippen LogP contribution < -0.4 is 10.1 Å². The summed E-state index contributed by atoms with van der Waals surface area (Å²) in [5.41, 5.74) is -0.521. The van der Waals surface area contributed by atoms with Gasteiger partial charge in [-0.1, -0.05) is 18.2 Å². The quantitative estimate of drug-likeness (QED) is 0.726. The Labute approximate surface area is 114 Å². The van der Waals surface area contributed by atoms with Crippen LogP contribution in [0.3, 0.4) is 0 Å². The van der Waals surface area contributed by atoms with Gasteiger partial charge in [0.2, 0.25) is 0 Å². The first kappa shape index (κ1) is 13.9. The Morgan fingerprint density at radius 3 is 2.63 bits per heavy atom. The van der Waals surface area contributed by atoms with E-state index in [0.29, 0.717) is 25.7 Å². The predicted octanol–water partition coefficient (Wildman–Crippen LogP) is 1.97. The smallest absolute Gasteiger partial charge is 0.132 e. The molecule has 1 saturated carbocycles. The highest BCUT2D eigenvalue weighted by molar-refractivity contribution is 5.20. The molecule has 1 aliphatic rings. The van der Waals surface area contributed by atoms with Crippen LogP contribution in [0.1, 0.15) is 12.8 Å². The number of rotatable bonds is 8. The summed E-state index contributed by atoms with van der Waals surface area (Å²) in [4.78, 5) is 0. The normalized spacial score (nSPS) is 17.5. The van der Waals surface area contributed by atoms with Crippen LogP contribution >= 0.6 is 0 Å². The minimum absolute atomic E-state index is 0.419. The van der Waals surface area contributed by atoms with Crippen molar-refractivity contribution in [3.8, 4) is 11.8 Å². The summed E-state index contributed by atoms with van der Waals surface area (Å²) >= 11 is 0. The Balaban J connectivity index is 1.67. The molecule has 1 aliphatic carbocycles. The van der Waals surface area contributed by atoms with Gasteiger partial charge in [0, 0.05) is 0 Å². The van der Waals surface area contributed by atoms with E-state index in [1.165, 1.54) is 0 Å². The van der Waals surface area contributed by atoms with E-state index in [0.717, 1.165) is 18.6 Å². The van der Waals surface area contributed by atoms with Crippen molar-refractivity contribution in [2.75, 3.05) is 26.9 Å². The molecular formula is C15H20N2O2. The summed E-state index contributed by atoms with van der Waals surface area (Å²) in [5.74, 6) is 1.27. The number of nitriles is 1. The van der Waals surface area contributed by atoms with Gasteiger partial charge in [0.05, 0.1) is 19.3 Å². The van der Waals surface area contributed by atoms with Gasteiger partial charge in [-0.15, -0.1) is 0 Å². The monoisotopic (exact) mass is 260 g/mol. The van der Waals surface area contributed by atoms with Crippen LogP contribution in [0.4, 0.5) is 0 Å². The molecule has 0 spiro atoms. The van der Waals surface area contributed by atoms with Gasteiger partial charge in [-0.05, 0) is 37.9 Å². The molecule has 0 heterocycles. The zero-order valence-corrected chi connectivity index (χ0v) is 11.3. The highest BCUT2D eigenvalue weighted by atomic mass is 16.5. The van der Waals surface area contributed by atoms with E-state index < -0.39 is 5.54 Å². The Kier molecular flexibility index (Phi) is 4.78. The summed E-state index contributed by atoms with van der Waals surface area (Å²) in [6.45, 7) is 1.41. The minimum Gasteiger partial charge on any atom is -0.491 e. The zero-order chi connectivity index (χ0) is 13.6. The van der Waals surface area contributed by atoms with Crippen LogP contribution in [0.2, 0.25) is 0 Å². The molecule has 1 aromatic carbocycles. The van der Waals surface area contributed by atoms with Crippen molar-refractivity contribution in [3.63, 3.8) is 0 Å². The molecule has 19 heavy (non-hydrogen) atoms. The third kappa shape index (κ3) is 3.69. The van der Waals surface area contributed by atoms with E-state index in [2.05, 4.69) is 11.4 Å². The van der Waals surface area contributed by atoms with Crippen LogP contribution in [0.15, 0.2) is 30.3 Å². The summed E-state index contributed by atoms with van der Waals surface area (Å²) in [6, 6.07) is 12.0. The minimum atomic E-state index is -0.521. The molecule has 0 amide bonds. The number of nitrogens with one attached hydrogen (secondary N) is 1. The molecule has 0 radical (unpaired) electrons. The highest BCUT2D eigenvalue weighted by Crippen LogP contribution is 2.39. The first-order valence-corrected chi connectivity index (χ1v) is 6.66. The molecule has 1 aromatic rings. The predicted molar refractivity (Wildman–Crippen MR) is 72.9 cm³/mol. The molecule has 1 fully saturated rings. The second-order valence-electron chi connectivity index (χ2n) is 4.82. The van der Waals surface area contributed by atoms with E-state index in [4.69, 9.17) is 9.47 Å². The SMILES string of the molecule is CNC(C#N)(COCCOc1ccccc1)C1CC1. The third-order valence-electron chi connectivity index (χ3n) is 3.49. The Morgan fingerprint density at radius 1 is 1.32 bits per heavy atom. The van der Waals surface area contributed by atoms with Gasteiger partial charge in [0.15, 0.2) is 0 Å². The van der Waals surface area contributed by atoms with Crippen molar-refractivity contribution in [3.05, 3.63) is 30.3 Å². The van der Waals surface area contributed by atoms with Crippen LogP contribution in [-0.4, -0.2) is 32.4 Å². The van der Waals surface area contributed by atoms with Gasteiger partial charge < -0.3 is 14.8 Å². The van der Waals surface area contributed by atoms with Crippen molar-refractivity contribution < 1.29 is 9.47 Å². The van der Waals surface area contributed by atoms with E-state index in [1.807, 2.05) is 37.4 Å². The molecule has 2 rings (SSSR count). The van der Waals surface area contributed by atoms with Crippen molar-refractivity contribution in [1.82, 2.24) is 5.32 Å². The molecule has 0 aliphatic heterocycles. The second kappa shape index (κ2) is 6.55. The number of benzene rings is 1. The molecule has 1 N–H and O–H groups in total. The zero-order valence-electron chi connectivity index (χ0n) is 11.3. The number of likely N-dealkylation sites (N-methyl/N-ethyl adjacent to an activating group) is 1. The molecule has 1 unspecified atom stereocenters. The fourth-order valence-corrected chi connectivity index (χ4v) is 2.12.